The Bertz CT molecular complexity index is 2020. The molecule has 3 aromatic rings. The second-order valence-corrected chi connectivity index (χ2v) is 17.4. The largest absolute Gasteiger partial charge is 0.363 e. The van der Waals surface area contributed by atoms with Gasteiger partial charge in [-0.25, -0.2) is 9.37 Å². The van der Waals surface area contributed by atoms with Crippen LogP contribution >= 0.6 is 0 Å². The first-order chi connectivity index (χ1) is 23.2. The van der Waals surface area contributed by atoms with E-state index in [4.69, 9.17) is 0 Å². The van der Waals surface area contributed by atoms with Crippen LogP contribution in [0.15, 0.2) is 48.5 Å². The second kappa shape index (κ2) is 12.1. The quantitative estimate of drug-likeness (QED) is 0.193. The molecular formula is C45H59N3O+2. The van der Waals surface area contributed by atoms with Gasteiger partial charge in [-0.1, -0.05) is 52.0 Å². The van der Waals surface area contributed by atoms with Gasteiger partial charge in [0.1, 0.15) is 13.1 Å². The lowest BCUT2D eigenvalue weighted by Crippen LogP contribution is -2.49. The van der Waals surface area contributed by atoms with Crippen LogP contribution in [0.3, 0.4) is 0 Å². The Morgan fingerprint density at radius 3 is 2.39 bits per heavy atom. The molecule has 0 bridgehead atoms. The second-order valence-electron chi connectivity index (χ2n) is 17.4. The van der Waals surface area contributed by atoms with Crippen molar-refractivity contribution in [3.8, 4) is 0 Å². The fourth-order valence-electron chi connectivity index (χ4n) is 9.98. The fraction of sp³-hybridized carbons (Fsp3) is 0.511. The predicted octanol–water partition coefficient (Wildman–Crippen LogP) is 7.63. The van der Waals surface area contributed by atoms with Crippen molar-refractivity contribution >= 4 is 22.7 Å². The maximum Gasteiger partial charge on any atom is 0.346 e. The zero-order valence-electron chi connectivity index (χ0n) is 32.0. The van der Waals surface area contributed by atoms with E-state index in [1.165, 1.54) is 68.1 Å². The zero-order valence-corrected chi connectivity index (χ0v) is 32.0. The van der Waals surface area contributed by atoms with E-state index in [2.05, 4.69) is 128 Å². The number of allylic oxidation sites excluding steroid dienone is 1. The van der Waals surface area contributed by atoms with Crippen LogP contribution in [-0.2, 0) is 18.3 Å². The highest BCUT2D eigenvalue weighted by Crippen LogP contribution is 2.48. The summed E-state index contributed by atoms with van der Waals surface area (Å²) in [6.45, 7) is 22.8. The highest BCUT2D eigenvalue weighted by Gasteiger charge is 2.42. The molecule has 0 aromatic heterocycles. The number of carbonyl (C=O) groups excluding carboxylic acids is 1. The molecule has 4 aliphatic rings. The van der Waals surface area contributed by atoms with E-state index < -0.39 is 0 Å². The predicted molar refractivity (Wildman–Crippen MR) is 206 cm³/mol. The molecule has 0 spiro atoms. The summed E-state index contributed by atoms with van der Waals surface area (Å²) in [4.78, 5) is 17.3. The van der Waals surface area contributed by atoms with E-state index in [0.29, 0.717) is 10.4 Å². The normalized spacial score (nSPS) is 18.8. The summed E-state index contributed by atoms with van der Waals surface area (Å²) in [5.74, 6) is 0.843. The van der Waals surface area contributed by atoms with Crippen LogP contribution in [0.5, 0.6) is 0 Å². The van der Waals surface area contributed by atoms with Gasteiger partial charge in [-0.3, -0.25) is 4.48 Å². The van der Waals surface area contributed by atoms with Crippen molar-refractivity contribution in [1.82, 2.24) is 4.58 Å². The Balaban J connectivity index is 1.57. The van der Waals surface area contributed by atoms with Crippen molar-refractivity contribution in [2.75, 3.05) is 45.2 Å². The summed E-state index contributed by atoms with van der Waals surface area (Å²) in [6, 6.07) is 16.1. The summed E-state index contributed by atoms with van der Waals surface area (Å²) in [5, 5.41) is 2.87. The fourth-order valence-corrected chi connectivity index (χ4v) is 9.98. The molecular weight excluding hydrogens is 599 g/mol. The molecule has 0 fully saturated rings. The summed E-state index contributed by atoms with van der Waals surface area (Å²) in [5.41, 5.74) is 14.1. The number of anilines is 1. The molecule has 0 N–H and O–H groups in total. The van der Waals surface area contributed by atoms with Gasteiger partial charge in [-0.2, -0.15) is 0 Å². The third kappa shape index (κ3) is 5.44. The number of hydrogen-bond acceptors (Lipinski definition) is 2. The van der Waals surface area contributed by atoms with Gasteiger partial charge in [-0.05, 0) is 122 Å². The van der Waals surface area contributed by atoms with Gasteiger partial charge >= 0.3 is 5.91 Å². The molecule has 3 aromatic carbocycles. The van der Waals surface area contributed by atoms with Crippen LogP contribution in [0.2, 0.25) is 0 Å². The van der Waals surface area contributed by atoms with Crippen LogP contribution in [0.25, 0.3) is 11.1 Å². The monoisotopic (exact) mass is 657 g/mol. The van der Waals surface area contributed by atoms with Crippen molar-refractivity contribution in [3.63, 3.8) is 0 Å². The Labute approximate surface area is 295 Å². The van der Waals surface area contributed by atoms with Crippen molar-refractivity contribution < 1.29 is 9.28 Å². The van der Waals surface area contributed by atoms with Gasteiger partial charge in [-0.15, -0.1) is 0 Å². The minimum atomic E-state index is -0.197. The average Bonchev–Trinajstić information content (AvgIpc) is 3.04. The van der Waals surface area contributed by atoms with Gasteiger partial charge in [0.2, 0.25) is 5.36 Å². The molecule has 0 saturated carbocycles. The minimum absolute atomic E-state index is 0.0625. The average molecular weight is 658 g/mol. The minimum Gasteiger partial charge on any atom is -0.363 e. The van der Waals surface area contributed by atoms with Crippen LogP contribution < -0.4 is 20.1 Å². The number of fused-ring (bicyclic) bond motifs is 4. The van der Waals surface area contributed by atoms with Gasteiger partial charge < -0.3 is 4.90 Å². The lowest BCUT2D eigenvalue weighted by Gasteiger charge is -2.45. The van der Waals surface area contributed by atoms with E-state index >= 15 is 0 Å². The van der Waals surface area contributed by atoms with Crippen LogP contribution in [0.1, 0.15) is 130 Å². The van der Waals surface area contributed by atoms with Gasteiger partial charge in [0, 0.05) is 47.2 Å². The molecule has 7 rings (SSSR count). The molecule has 258 valence electrons. The van der Waals surface area contributed by atoms with Crippen molar-refractivity contribution in [2.24, 2.45) is 5.92 Å². The molecule has 49 heavy (non-hydrogen) atoms. The molecule has 1 amide bonds. The number of rotatable bonds is 7. The Hall–Kier alpha value is -3.50. The summed E-state index contributed by atoms with van der Waals surface area (Å²) >= 11 is 0. The molecule has 3 heterocycles. The Morgan fingerprint density at radius 2 is 1.67 bits per heavy atom. The van der Waals surface area contributed by atoms with Crippen LogP contribution in [0.4, 0.5) is 5.69 Å². The first-order valence-electron chi connectivity index (χ1n) is 19.1. The molecule has 3 aliphatic heterocycles. The number of aryl methyl sites for hydroxylation is 1. The van der Waals surface area contributed by atoms with Gasteiger partial charge in [0.15, 0.2) is 0 Å². The number of hydrogen-bond donors (Lipinski definition) is 0. The zero-order chi connectivity index (χ0) is 35.0. The number of nitrogens with zero attached hydrogens (tertiary/aromatic N) is 3. The number of quaternary nitrogens is 1. The van der Waals surface area contributed by atoms with E-state index in [0.717, 1.165) is 63.0 Å². The standard InChI is InChI=1S/C45H59N3O/c1-11-47-39-27-38-36(26-35(39)30(4)28-44(47,5)6)40(32-19-12-13-20-33(32)43(49)48(9,10)24-16-17-29(2)3)37-25-31-18-14-22-46-23-15-21-34(42(31)46)41(37)45(38,7)8/h12-13,19-20,25-29H,11,14-18,21-24H2,1-10H3/q+2. The molecule has 1 aliphatic carbocycles. The van der Waals surface area contributed by atoms with Crippen molar-refractivity contribution in [2.45, 2.75) is 105 Å². The molecule has 0 radical (unpaired) electrons. The third-order valence-electron chi connectivity index (χ3n) is 12.3. The third-order valence-corrected chi connectivity index (χ3v) is 12.3. The molecule has 0 saturated heterocycles. The lowest BCUT2D eigenvalue weighted by molar-refractivity contribution is -0.807. The maximum atomic E-state index is 14.7. The maximum absolute atomic E-state index is 14.7. The van der Waals surface area contributed by atoms with Crippen LogP contribution in [-0.4, -0.2) is 56.2 Å². The van der Waals surface area contributed by atoms with E-state index in [1.807, 2.05) is 0 Å². The summed E-state index contributed by atoms with van der Waals surface area (Å²) in [6.07, 6.45) is 9.27. The van der Waals surface area contributed by atoms with Crippen molar-refractivity contribution in [3.05, 3.63) is 104 Å². The first-order valence-corrected chi connectivity index (χ1v) is 19.1. The summed E-state index contributed by atoms with van der Waals surface area (Å²) in [7, 11) is 4.22. The molecule has 4 nitrogen and oxygen atoms in total. The topological polar surface area (TPSA) is 23.3 Å². The number of benzene rings is 3. The Morgan fingerprint density at radius 1 is 0.959 bits per heavy atom. The van der Waals surface area contributed by atoms with E-state index in [-0.39, 0.29) is 16.9 Å². The summed E-state index contributed by atoms with van der Waals surface area (Å²) < 4.78 is 3.04. The molecule has 4 heteroatoms. The number of carbonyl (C=O) groups is 1. The van der Waals surface area contributed by atoms with Gasteiger partial charge in [0.25, 0.3) is 0 Å². The highest BCUT2D eigenvalue weighted by molar-refractivity contribution is 6.00. The van der Waals surface area contributed by atoms with E-state index in [1.54, 1.807) is 5.56 Å². The highest BCUT2D eigenvalue weighted by atomic mass is 16.2. The SMILES string of the molecule is CCN1c2cc3c(cc2C(C)=CC1(C)C)C(c1ccccc1C(=O)[N+](C)(C)CCCC(C)C)=c1cc2c4c(c1C3(C)C)CCC[N+]=4CCC2. The van der Waals surface area contributed by atoms with Crippen LogP contribution in [0, 0.1) is 5.92 Å². The smallest absolute Gasteiger partial charge is 0.346 e. The number of amides is 1. The first kappa shape index (κ1) is 34.0. The Kier molecular flexibility index (Phi) is 8.37. The van der Waals surface area contributed by atoms with Crippen molar-refractivity contribution in [1.29, 1.82) is 0 Å². The van der Waals surface area contributed by atoms with Gasteiger partial charge in [0.05, 0.1) is 31.7 Å². The molecule has 0 unspecified atom stereocenters. The number of likely N-dealkylation sites (N-methyl/N-ethyl adjacent to an activating group) is 1. The van der Waals surface area contributed by atoms with E-state index in [9.17, 15) is 4.79 Å². The lowest BCUT2D eigenvalue weighted by atomic mass is 9.65. The molecule has 0 atom stereocenters.